The molecule has 1 nitrogen and oxygen atoms in total. The fraction of sp³-hybridized carbons (Fsp3) is 0.613. The van der Waals surface area contributed by atoms with E-state index < -0.39 is 17.5 Å². The van der Waals surface area contributed by atoms with Crippen LogP contribution in [0.1, 0.15) is 112 Å². The van der Waals surface area contributed by atoms with E-state index >= 15 is 0 Å². The second-order valence-corrected chi connectivity index (χ2v) is 11.1. The van der Waals surface area contributed by atoms with Crippen LogP contribution in [0.5, 0.6) is 0 Å². The predicted octanol–water partition coefficient (Wildman–Crippen LogP) is 9.50. The molecule has 0 aliphatic heterocycles. The van der Waals surface area contributed by atoms with Gasteiger partial charge >= 0.3 is 6.11 Å². The van der Waals surface area contributed by atoms with Crippen LogP contribution in [-0.4, -0.2) is 6.61 Å². The molecule has 4 heteroatoms. The Kier molecular flexibility index (Phi) is 8.97. The molecule has 0 aromatic heterocycles. The molecule has 0 heterocycles. The fourth-order valence-corrected chi connectivity index (χ4v) is 6.14. The fourth-order valence-electron chi connectivity index (χ4n) is 6.14. The average molecular weight is 487 g/mol. The van der Waals surface area contributed by atoms with Gasteiger partial charge in [0.25, 0.3) is 0 Å². The van der Waals surface area contributed by atoms with Gasteiger partial charge in [-0.15, -0.1) is 0 Å². The van der Waals surface area contributed by atoms with Crippen molar-refractivity contribution in [2.45, 2.75) is 102 Å². The Labute approximate surface area is 209 Å². The highest BCUT2D eigenvalue weighted by atomic mass is 19.3. The van der Waals surface area contributed by atoms with E-state index in [-0.39, 0.29) is 12.5 Å². The van der Waals surface area contributed by atoms with Gasteiger partial charge in [-0.05, 0) is 97.4 Å². The van der Waals surface area contributed by atoms with Crippen molar-refractivity contribution < 1.29 is 17.9 Å². The topological polar surface area (TPSA) is 9.23 Å². The van der Waals surface area contributed by atoms with Gasteiger partial charge in [0.2, 0.25) is 0 Å². The summed E-state index contributed by atoms with van der Waals surface area (Å²) in [5.74, 6) is 1.58. The summed E-state index contributed by atoms with van der Waals surface area (Å²) in [7, 11) is 0. The summed E-state index contributed by atoms with van der Waals surface area (Å²) >= 11 is 0. The number of alkyl halides is 2. The Morgan fingerprint density at radius 2 is 1.43 bits per heavy atom. The average Bonchev–Trinajstić information content (AvgIpc) is 2.85. The van der Waals surface area contributed by atoms with Crippen LogP contribution in [0.4, 0.5) is 13.2 Å². The quantitative estimate of drug-likeness (QED) is 0.343. The van der Waals surface area contributed by atoms with Crippen LogP contribution in [0.2, 0.25) is 0 Å². The molecule has 2 saturated carbocycles. The molecule has 0 spiro atoms. The standard InChI is InChI=1S/C31H41F3O/c1-3-4-23-7-15-27(16-8-23)28-17-18-29(30(32)21-28)31(33,34)35-20-19-24-9-13-26(14-10-24)25-11-5-22(2)6-12-25/h9-10,13-14,17-18,21-23,25,27H,3-8,11-12,15-16,19-20H2,1-2H3. The number of ether oxygens (including phenoxy) is 1. The summed E-state index contributed by atoms with van der Waals surface area (Å²) in [6, 6.07) is 12.5. The van der Waals surface area contributed by atoms with Gasteiger partial charge in [-0.3, -0.25) is 0 Å². The number of hydrogen-bond acceptors (Lipinski definition) is 1. The molecule has 4 rings (SSSR count). The van der Waals surface area contributed by atoms with Gasteiger partial charge in [-0.1, -0.05) is 69.9 Å². The molecule has 2 aliphatic rings. The molecule has 2 aliphatic carbocycles. The third-order valence-corrected chi connectivity index (χ3v) is 8.46. The SMILES string of the molecule is CCCC1CCC(c2ccc(C(F)(F)OCCc3ccc(C4CCC(C)CC4)cc3)c(F)c2)CC1. The van der Waals surface area contributed by atoms with Crippen molar-refractivity contribution in [1.82, 2.24) is 0 Å². The molecule has 0 saturated heterocycles. The van der Waals surface area contributed by atoms with Gasteiger partial charge in [0, 0.05) is 0 Å². The van der Waals surface area contributed by atoms with Crippen molar-refractivity contribution in [3.8, 4) is 0 Å². The molecule has 0 N–H and O–H groups in total. The Balaban J connectivity index is 1.29. The second kappa shape index (κ2) is 12.0. The molecule has 0 bridgehead atoms. The summed E-state index contributed by atoms with van der Waals surface area (Å²) in [5, 5.41) is 0. The van der Waals surface area contributed by atoms with E-state index in [9.17, 15) is 13.2 Å². The van der Waals surface area contributed by atoms with Gasteiger partial charge in [0.15, 0.2) is 0 Å². The summed E-state index contributed by atoms with van der Waals surface area (Å²) < 4.78 is 49.1. The van der Waals surface area contributed by atoms with Crippen LogP contribution in [0, 0.1) is 17.7 Å². The molecule has 192 valence electrons. The van der Waals surface area contributed by atoms with Crippen molar-refractivity contribution >= 4 is 0 Å². The van der Waals surface area contributed by atoms with E-state index in [0.29, 0.717) is 12.3 Å². The van der Waals surface area contributed by atoms with Crippen molar-refractivity contribution in [2.24, 2.45) is 11.8 Å². The van der Waals surface area contributed by atoms with Gasteiger partial charge in [-0.2, -0.15) is 8.78 Å². The summed E-state index contributed by atoms with van der Waals surface area (Å²) in [4.78, 5) is 0. The van der Waals surface area contributed by atoms with E-state index in [1.165, 1.54) is 56.2 Å². The van der Waals surface area contributed by atoms with Gasteiger partial charge in [0.1, 0.15) is 5.82 Å². The van der Waals surface area contributed by atoms with E-state index in [1.54, 1.807) is 6.07 Å². The van der Waals surface area contributed by atoms with E-state index in [0.717, 1.165) is 48.6 Å². The summed E-state index contributed by atoms with van der Waals surface area (Å²) in [5.41, 5.74) is 2.48. The van der Waals surface area contributed by atoms with E-state index in [4.69, 9.17) is 4.74 Å². The third-order valence-electron chi connectivity index (χ3n) is 8.46. The van der Waals surface area contributed by atoms with Crippen LogP contribution in [0.3, 0.4) is 0 Å². The maximum absolute atomic E-state index is 14.7. The molecule has 0 unspecified atom stereocenters. The van der Waals surface area contributed by atoms with Crippen LogP contribution < -0.4 is 0 Å². The van der Waals surface area contributed by atoms with Crippen molar-refractivity contribution in [3.05, 3.63) is 70.5 Å². The first-order valence-electron chi connectivity index (χ1n) is 13.8. The molecule has 2 aromatic carbocycles. The van der Waals surface area contributed by atoms with Crippen LogP contribution >= 0.6 is 0 Å². The second-order valence-electron chi connectivity index (χ2n) is 11.1. The van der Waals surface area contributed by atoms with Crippen LogP contribution in [-0.2, 0) is 17.3 Å². The lowest BCUT2D eigenvalue weighted by atomic mass is 9.77. The van der Waals surface area contributed by atoms with Crippen molar-refractivity contribution in [3.63, 3.8) is 0 Å². The Morgan fingerprint density at radius 1 is 0.829 bits per heavy atom. The van der Waals surface area contributed by atoms with Crippen molar-refractivity contribution in [2.75, 3.05) is 6.61 Å². The first-order chi connectivity index (χ1) is 16.9. The zero-order valence-corrected chi connectivity index (χ0v) is 21.4. The minimum absolute atomic E-state index is 0.157. The van der Waals surface area contributed by atoms with Crippen LogP contribution in [0.25, 0.3) is 0 Å². The number of benzene rings is 2. The molecule has 2 fully saturated rings. The maximum atomic E-state index is 14.7. The molecule has 0 radical (unpaired) electrons. The van der Waals surface area contributed by atoms with Crippen molar-refractivity contribution in [1.29, 1.82) is 0 Å². The smallest absolute Gasteiger partial charge is 0.316 e. The first-order valence-corrected chi connectivity index (χ1v) is 13.8. The Hall–Kier alpha value is -1.81. The highest BCUT2D eigenvalue weighted by Gasteiger charge is 2.36. The zero-order valence-electron chi connectivity index (χ0n) is 21.4. The third kappa shape index (κ3) is 6.90. The molecule has 0 atom stereocenters. The molecule has 2 aromatic rings. The summed E-state index contributed by atoms with van der Waals surface area (Å²) in [6.45, 7) is 4.36. The van der Waals surface area contributed by atoms with Crippen LogP contribution in [0.15, 0.2) is 42.5 Å². The molecular weight excluding hydrogens is 445 g/mol. The predicted molar refractivity (Wildman–Crippen MR) is 136 cm³/mol. The van der Waals surface area contributed by atoms with E-state index in [1.807, 2.05) is 12.1 Å². The van der Waals surface area contributed by atoms with Gasteiger partial charge in [0.05, 0.1) is 12.2 Å². The lowest BCUT2D eigenvalue weighted by molar-refractivity contribution is -0.249. The number of halogens is 3. The Morgan fingerprint density at radius 3 is 2.06 bits per heavy atom. The molecule has 0 amide bonds. The number of rotatable bonds is 9. The molecule has 35 heavy (non-hydrogen) atoms. The minimum atomic E-state index is -3.64. The van der Waals surface area contributed by atoms with E-state index in [2.05, 4.69) is 26.0 Å². The normalized spacial score (nSPS) is 25.5. The lowest BCUT2D eigenvalue weighted by Gasteiger charge is -2.29. The Bertz CT molecular complexity index is 923. The zero-order chi connectivity index (χ0) is 24.8. The largest absolute Gasteiger partial charge is 0.386 e. The number of hydrogen-bond donors (Lipinski definition) is 0. The van der Waals surface area contributed by atoms with Gasteiger partial charge in [-0.25, -0.2) is 4.39 Å². The minimum Gasteiger partial charge on any atom is -0.316 e. The summed E-state index contributed by atoms with van der Waals surface area (Å²) in [6.07, 6.45) is 8.46. The maximum Gasteiger partial charge on any atom is 0.386 e. The lowest BCUT2D eigenvalue weighted by Crippen LogP contribution is -2.22. The first kappa shape index (κ1) is 26.3. The highest BCUT2D eigenvalue weighted by Crippen LogP contribution is 2.40. The highest BCUT2D eigenvalue weighted by molar-refractivity contribution is 5.29. The van der Waals surface area contributed by atoms with Gasteiger partial charge < -0.3 is 4.74 Å². The molecular formula is C31H41F3O. The monoisotopic (exact) mass is 486 g/mol.